The second-order valence-corrected chi connectivity index (χ2v) is 6.53. The van der Waals surface area contributed by atoms with Gasteiger partial charge in [-0.2, -0.15) is 0 Å². The molecular weight excluding hydrogens is 346 g/mol. The third kappa shape index (κ3) is 5.08. The molecule has 0 radical (unpaired) electrons. The number of nitrogens with zero attached hydrogens (tertiary/aromatic N) is 1. The minimum Gasteiger partial charge on any atom is -0.497 e. The molecule has 6 heteroatoms. The highest BCUT2D eigenvalue weighted by Gasteiger charge is 2.33. The summed E-state index contributed by atoms with van der Waals surface area (Å²) in [4.78, 5) is 26.5. The van der Waals surface area contributed by atoms with Crippen molar-refractivity contribution in [3.63, 3.8) is 0 Å². The number of benzene rings is 2. The van der Waals surface area contributed by atoms with E-state index in [2.05, 4.69) is 0 Å². The first kappa shape index (κ1) is 18.9. The minimum absolute atomic E-state index is 0.0878. The molecule has 0 atom stereocenters. The smallest absolute Gasteiger partial charge is 0.338 e. The second-order valence-electron chi connectivity index (χ2n) is 6.53. The van der Waals surface area contributed by atoms with Crippen LogP contribution in [0.15, 0.2) is 48.5 Å². The van der Waals surface area contributed by atoms with Gasteiger partial charge in [0.25, 0.3) is 5.91 Å². The molecule has 1 amide bonds. The van der Waals surface area contributed by atoms with Gasteiger partial charge in [0.15, 0.2) is 6.61 Å². The van der Waals surface area contributed by atoms with E-state index in [1.807, 2.05) is 24.3 Å². The number of carbonyl (C=O) groups is 2. The van der Waals surface area contributed by atoms with E-state index in [-0.39, 0.29) is 25.2 Å². The van der Waals surface area contributed by atoms with Crippen LogP contribution < -0.4 is 4.74 Å². The largest absolute Gasteiger partial charge is 0.497 e. The van der Waals surface area contributed by atoms with Crippen LogP contribution in [-0.2, 0) is 22.7 Å². The van der Waals surface area contributed by atoms with Crippen molar-refractivity contribution in [3.05, 3.63) is 65.2 Å². The molecule has 1 saturated carbocycles. The van der Waals surface area contributed by atoms with E-state index >= 15 is 0 Å². The van der Waals surface area contributed by atoms with E-state index in [4.69, 9.17) is 14.6 Å². The number of rotatable bonds is 8. The summed E-state index contributed by atoms with van der Waals surface area (Å²) < 4.78 is 10.3. The number of aliphatic hydroxyl groups is 1. The first-order valence-electron chi connectivity index (χ1n) is 8.90. The fourth-order valence-electron chi connectivity index (χ4n) is 2.77. The topological polar surface area (TPSA) is 76.1 Å². The van der Waals surface area contributed by atoms with E-state index in [1.54, 1.807) is 36.3 Å². The van der Waals surface area contributed by atoms with Crippen molar-refractivity contribution < 1.29 is 24.2 Å². The average molecular weight is 369 g/mol. The Morgan fingerprint density at radius 1 is 1.04 bits per heavy atom. The Hall–Kier alpha value is -2.86. The molecule has 0 heterocycles. The van der Waals surface area contributed by atoms with E-state index in [0.29, 0.717) is 17.7 Å². The number of ether oxygens (including phenoxy) is 2. The predicted molar refractivity (Wildman–Crippen MR) is 99.2 cm³/mol. The van der Waals surface area contributed by atoms with Crippen molar-refractivity contribution in [3.8, 4) is 5.75 Å². The van der Waals surface area contributed by atoms with E-state index in [1.165, 1.54) is 0 Å². The summed E-state index contributed by atoms with van der Waals surface area (Å²) in [6.07, 6.45) is 1.94. The number of hydrogen-bond donors (Lipinski definition) is 1. The van der Waals surface area contributed by atoms with Gasteiger partial charge in [-0.05, 0) is 48.2 Å². The van der Waals surface area contributed by atoms with E-state index < -0.39 is 5.97 Å². The van der Waals surface area contributed by atoms with Crippen LogP contribution in [0, 0.1) is 0 Å². The molecule has 3 rings (SSSR count). The van der Waals surface area contributed by atoms with Crippen molar-refractivity contribution in [1.82, 2.24) is 4.90 Å². The van der Waals surface area contributed by atoms with Crippen LogP contribution in [0.4, 0.5) is 0 Å². The SMILES string of the molecule is COc1ccc(CN(C(=O)COC(=O)c2ccc(CO)cc2)C2CC2)cc1. The number of hydrogen-bond acceptors (Lipinski definition) is 5. The lowest BCUT2D eigenvalue weighted by atomic mass is 10.1. The summed E-state index contributed by atoms with van der Waals surface area (Å²) in [7, 11) is 1.61. The standard InChI is InChI=1S/C21H23NO5/c1-26-19-10-4-15(5-11-19)12-22(18-8-9-18)20(24)14-27-21(25)17-6-2-16(13-23)3-7-17/h2-7,10-11,18,23H,8-9,12-14H2,1H3. The molecule has 1 aliphatic carbocycles. The zero-order chi connectivity index (χ0) is 19.2. The second kappa shape index (κ2) is 8.68. The number of carbonyl (C=O) groups excluding carboxylic acids is 2. The Labute approximate surface area is 158 Å². The summed E-state index contributed by atoms with van der Waals surface area (Å²) >= 11 is 0. The Morgan fingerprint density at radius 2 is 1.67 bits per heavy atom. The van der Waals surface area contributed by atoms with Gasteiger partial charge in [-0.25, -0.2) is 4.79 Å². The van der Waals surface area contributed by atoms with Gasteiger partial charge in [0.2, 0.25) is 0 Å². The van der Waals surface area contributed by atoms with Crippen LogP contribution in [0.2, 0.25) is 0 Å². The lowest BCUT2D eigenvalue weighted by molar-refractivity contribution is -0.135. The van der Waals surface area contributed by atoms with Crippen LogP contribution in [-0.4, -0.2) is 41.6 Å². The molecule has 1 aliphatic rings. The monoisotopic (exact) mass is 369 g/mol. The Bertz CT molecular complexity index is 781. The molecule has 142 valence electrons. The number of esters is 1. The average Bonchev–Trinajstić information content (AvgIpc) is 3.55. The minimum atomic E-state index is -0.548. The van der Waals surface area contributed by atoms with Crippen molar-refractivity contribution in [1.29, 1.82) is 0 Å². The van der Waals surface area contributed by atoms with Gasteiger partial charge in [0, 0.05) is 12.6 Å². The zero-order valence-corrected chi connectivity index (χ0v) is 15.3. The Kier molecular flexibility index (Phi) is 6.08. The molecule has 0 bridgehead atoms. The van der Waals surface area contributed by atoms with Gasteiger partial charge in [-0.1, -0.05) is 24.3 Å². The number of aliphatic hydroxyl groups excluding tert-OH is 1. The molecule has 0 aromatic heterocycles. The maximum Gasteiger partial charge on any atom is 0.338 e. The van der Waals surface area contributed by atoms with Crippen molar-refractivity contribution in [2.75, 3.05) is 13.7 Å². The van der Waals surface area contributed by atoms with E-state index in [0.717, 1.165) is 24.2 Å². The highest BCUT2D eigenvalue weighted by Crippen LogP contribution is 2.29. The molecule has 2 aromatic carbocycles. The molecule has 2 aromatic rings. The van der Waals surface area contributed by atoms with Gasteiger partial charge in [0.05, 0.1) is 19.3 Å². The fourth-order valence-corrected chi connectivity index (χ4v) is 2.77. The summed E-state index contributed by atoms with van der Waals surface area (Å²) in [6, 6.07) is 14.2. The fraction of sp³-hybridized carbons (Fsp3) is 0.333. The van der Waals surface area contributed by atoms with Crippen LogP contribution in [0.1, 0.15) is 34.3 Å². The summed E-state index contributed by atoms with van der Waals surface area (Å²) in [5.74, 6) is 0.0193. The molecule has 0 saturated heterocycles. The van der Waals surface area contributed by atoms with Gasteiger partial charge < -0.3 is 19.5 Å². The number of methoxy groups -OCH3 is 1. The third-order valence-electron chi connectivity index (χ3n) is 4.52. The molecule has 0 spiro atoms. The first-order valence-corrected chi connectivity index (χ1v) is 8.90. The van der Waals surface area contributed by atoms with E-state index in [9.17, 15) is 9.59 Å². The zero-order valence-electron chi connectivity index (χ0n) is 15.3. The predicted octanol–water partition coefficient (Wildman–Crippen LogP) is 2.54. The van der Waals surface area contributed by atoms with Gasteiger partial charge in [-0.3, -0.25) is 4.79 Å². The Morgan fingerprint density at radius 3 is 2.22 bits per heavy atom. The normalized spacial score (nSPS) is 13.1. The lowest BCUT2D eigenvalue weighted by Gasteiger charge is -2.22. The van der Waals surface area contributed by atoms with Crippen LogP contribution in [0.25, 0.3) is 0 Å². The molecule has 1 N–H and O–H groups in total. The lowest BCUT2D eigenvalue weighted by Crippen LogP contribution is -2.36. The molecule has 6 nitrogen and oxygen atoms in total. The van der Waals surface area contributed by atoms with Crippen molar-refractivity contribution in [2.45, 2.75) is 32.0 Å². The molecular formula is C21H23NO5. The number of amides is 1. The van der Waals surface area contributed by atoms with Crippen LogP contribution in [0.3, 0.4) is 0 Å². The van der Waals surface area contributed by atoms with Crippen LogP contribution in [0.5, 0.6) is 5.75 Å². The molecule has 1 fully saturated rings. The van der Waals surface area contributed by atoms with Gasteiger partial charge >= 0.3 is 5.97 Å². The van der Waals surface area contributed by atoms with Gasteiger partial charge in [0.1, 0.15) is 5.75 Å². The Balaban J connectivity index is 1.57. The summed E-state index contributed by atoms with van der Waals surface area (Å²) in [6.45, 7) is 0.110. The quantitative estimate of drug-likeness (QED) is 0.724. The molecule has 27 heavy (non-hydrogen) atoms. The highest BCUT2D eigenvalue weighted by atomic mass is 16.5. The first-order chi connectivity index (χ1) is 13.1. The molecule has 0 aliphatic heterocycles. The third-order valence-corrected chi connectivity index (χ3v) is 4.52. The highest BCUT2D eigenvalue weighted by molar-refractivity contribution is 5.91. The van der Waals surface area contributed by atoms with Crippen molar-refractivity contribution >= 4 is 11.9 Å². The maximum absolute atomic E-state index is 12.6. The summed E-state index contributed by atoms with van der Waals surface area (Å²) in [5, 5.41) is 9.04. The molecule has 0 unspecified atom stereocenters. The summed E-state index contributed by atoms with van der Waals surface area (Å²) in [5.41, 5.74) is 2.07. The van der Waals surface area contributed by atoms with Crippen LogP contribution >= 0.6 is 0 Å². The van der Waals surface area contributed by atoms with Crippen molar-refractivity contribution in [2.24, 2.45) is 0 Å². The van der Waals surface area contributed by atoms with Gasteiger partial charge in [-0.15, -0.1) is 0 Å². The maximum atomic E-state index is 12.6.